The maximum absolute atomic E-state index is 12.6. The van der Waals surface area contributed by atoms with Gasteiger partial charge in [-0.05, 0) is 36.3 Å². The van der Waals surface area contributed by atoms with Gasteiger partial charge in [0.05, 0.1) is 10.6 Å². The summed E-state index contributed by atoms with van der Waals surface area (Å²) in [5.74, 6) is -0.625. The molecular weight excluding hydrogens is 273 g/mol. The smallest absolute Gasteiger partial charge is 0.328 e. The van der Waals surface area contributed by atoms with Crippen LogP contribution >= 0.6 is 7.37 Å². The number of carbonyl (C=O) groups excluding carboxylic acids is 1. The molecule has 1 aromatic carbocycles. The van der Waals surface area contributed by atoms with Crippen LogP contribution in [0.2, 0.25) is 0 Å². The van der Waals surface area contributed by atoms with Crippen LogP contribution in [0.5, 0.6) is 0 Å². The van der Waals surface area contributed by atoms with E-state index in [2.05, 4.69) is 0 Å². The third-order valence-corrected chi connectivity index (χ3v) is 5.74. The van der Waals surface area contributed by atoms with Gasteiger partial charge in [-0.25, -0.2) is 0 Å². The van der Waals surface area contributed by atoms with Crippen LogP contribution in [0.15, 0.2) is 65.3 Å². The van der Waals surface area contributed by atoms with E-state index in [1.807, 2.05) is 30.3 Å². The molecule has 0 radical (unpaired) electrons. The van der Waals surface area contributed by atoms with Crippen molar-refractivity contribution >= 4 is 13.3 Å². The molecule has 2 N–H and O–H groups in total. The Bertz CT molecular complexity index is 662. The number of allylic oxidation sites excluding steroid dienone is 6. The first-order chi connectivity index (χ1) is 9.59. The Hall–Kier alpha value is -1.90. The van der Waals surface area contributed by atoms with E-state index in [1.165, 1.54) is 0 Å². The lowest BCUT2D eigenvalue weighted by molar-refractivity contribution is -0.135. The van der Waals surface area contributed by atoms with Gasteiger partial charge in [0.2, 0.25) is 0 Å². The lowest BCUT2D eigenvalue weighted by atomic mass is 10.1. The number of rotatable bonds is 4. The van der Waals surface area contributed by atoms with Crippen molar-refractivity contribution in [2.45, 2.75) is 12.5 Å². The molecule has 1 aromatic rings. The maximum atomic E-state index is 12.6. The Morgan fingerprint density at radius 2 is 1.75 bits per heavy atom. The minimum absolute atomic E-state index is 0.366. The maximum Gasteiger partial charge on any atom is 0.328 e. The lowest BCUT2D eigenvalue weighted by Gasteiger charge is -2.16. The van der Waals surface area contributed by atoms with Gasteiger partial charge in [0, 0.05) is 0 Å². The van der Waals surface area contributed by atoms with E-state index in [1.54, 1.807) is 24.3 Å². The number of benzene rings is 1. The first-order valence-electron chi connectivity index (χ1n) is 6.34. The van der Waals surface area contributed by atoms with Crippen LogP contribution in [0, 0.1) is 0 Å². The van der Waals surface area contributed by atoms with Gasteiger partial charge in [-0.2, -0.15) is 0 Å². The highest BCUT2D eigenvalue weighted by molar-refractivity contribution is 7.69. The Morgan fingerprint density at radius 1 is 1.15 bits per heavy atom. The molecule has 0 aromatic heterocycles. The van der Waals surface area contributed by atoms with Crippen LogP contribution in [0.25, 0.3) is 0 Å². The Morgan fingerprint density at radius 3 is 2.30 bits per heavy atom. The molecule has 0 spiro atoms. The summed E-state index contributed by atoms with van der Waals surface area (Å²) in [6, 6.07) is 8.62. The molecular formula is C15H14NO3P. The average Bonchev–Trinajstić information content (AvgIpc) is 2.92. The van der Waals surface area contributed by atoms with E-state index in [-0.39, 0.29) is 0 Å². The van der Waals surface area contributed by atoms with Crippen molar-refractivity contribution < 1.29 is 13.9 Å². The number of fused-ring (bicyclic) bond motifs is 2. The highest BCUT2D eigenvalue weighted by Crippen LogP contribution is 2.69. The predicted molar refractivity (Wildman–Crippen MR) is 77.1 cm³/mol. The summed E-state index contributed by atoms with van der Waals surface area (Å²) in [5.41, 5.74) is 6.79. The van der Waals surface area contributed by atoms with Crippen molar-refractivity contribution in [3.05, 3.63) is 70.8 Å². The van der Waals surface area contributed by atoms with Crippen LogP contribution in [0.4, 0.5) is 0 Å². The predicted octanol–water partition coefficient (Wildman–Crippen LogP) is 2.73. The normalized spacial score (nSPS) is 19.4. The van der Waals surface area contributed by atoms with Gasteiger partial charge in [-0.1, -0.05) is 30.3 Å². The number of nitrogens with two attached hydrogens (primary N) is 1. The van der Waals surface area contributed by atoms with Crippen molar-refractivity contribution in [3.63, 3.8) is 0 Å². The Labute approximate surface area is 117 Å². The second-order valence-electron chi connectivity index (χ2n) is 4.77. The summed E-state index contributed by atoms with van der Waals surface area (Å²) < 4.78 is 17.8. The highest BCUT2D eigenvalue weighted by atomic mass is 31.2. The van der Waals surface area contributed by atoms with Gasteiger partial charge in [0.15, 0.2) is 0 Å². The van der Waals surface area contributed by atoms with Crippen LogP contribution in [-0.2, 0) is 20.3 Å². The lowest BCUT2D eigenvalue weighted by Crippen LogP contribution is -2.33. The summed E-state index contributed by atoms with van der Waals surface area (Å²) in [6.45, 7) is 0. The molecule has 3 rings (SSSR count). The van der Waals surface area contributed by atoms with Crippen molar-refractivity contribution in [2.24, 2.45) is 5.73 Å². The second kappa shape index (κ2) is 4.89. The standard InChI is InChI=1S/C15H14NO3P/c16-14(10-11-4-2-1-3-5-11)15(17)19-20(18)12-6-7-13(20)9-8-12/h1-9,14H,10,16H2. The van der Waals surface area contributed by atoms with Gasteiger partial charge >= 0.3 is 13.3 Å². The highest BCUT2D eigenvalue weighted by Gasteiger charge is 2.41. The summed E-state index contributed by atoms with van der Waals surface area (Å²) in [5, 5.41) is 1.13. The number of carbonyl (C=O) groups is 1. The molecule has 0 amide bonds. The molecule has 5 heteroatoms. The molecule has 0 saturated carbocycles. The quantitative estimate of drug-likeness (QED) is 0.864. The second-order valence-corrected chi connectivity index (χ2v) is 7.09. The molecule has 1 atom stereocenters. The summed E-state index contributed by atoms with van der Waals surface area (Å²) in [6.07, 6.45) is 7.22. The molecule has 2 bridgehead atoms. The molecule has 2 aliphatic rings. The van der Waals surface area contributed by atoms with E-state index in [0.717, 1.165) is 5.56 Å². The molecule has 2 heterocycles. The first kappa shape index (κ1) is 13.1. The zero-order chi connectivity index (χ0) is 14.2. The third kappa shape index (κ3) is 2.17. The average molecular weight is 287 g/mol. The Balaban J connectivity index is 1.67. The molecule has 0 saturated heterocycles. The fourth-order valence-corrected chi connectivity index (χ4v) is 4.23. The van der Waals surface area contributed by atoms with Crippen LogP contribution < -0.4 is 5.73 Å². The summed E-state index contributed by atoms with van der Waals surface area (Å²) in [7, 11) is -3.17. The van der Waals surface area contributed by atoms with Crippen molar-refractivity contribution in [1.82, 2.24) is 0 Å². The molecule has 0 fully saturated rings. The largest absolute Gasteiger partial charge is 0.404 e. The number of hydrogen-bond acceptors (Lipinski definition) is 4. The van der Waals surface area contributed by atoms with Gasteiger partial charge in [-0.15, -0.1) is 0 Å². The fraction of sp³-hybridized carbons (Fsp3) is 0.133. The van der Waals surface area contributed by atoms with Gasteiger partial charge in [0.1, 0.15) is 6.04 Å². The molecule has 0 aliphatic carbocycles. The summed E-state index contributed by atoms with van der Waals surface area (Å²) in [4.78, 5) is 12.0. The van der Waals surface area contributed by atoms with E-state index in [0.29, 0.717) is 17.0 Å². The zero-order valence-corrected chi connectivity index (χ0v) is 11.6. The van der Waals surface area contributed by atoms with Crippen molar-refractivity contribution in [2.75, 3.05) is 0 Å². The van der Waals surface area contributed by atoms with Crippen LogP contribution in [0.1, 0.15) is 5.56 Å². The zero-order valence-electron chi connectivity index (χ0n) is 10.7. The topological polar surface area (TPSA) is 69.4 Å². The van der Waals surface area contributed by atoms with E-state index in [4.69, 9.17) is 10.3 Å². The minimum atomic E-state index is -3.17. The molecule has 20 heavy (non-hydrogen) atoms. The molecule has 1 unspecified atom stereocenters. The molecule has 2 aliphatic heterocycles. The molecule has 102 valence electrons. The third-order valence-electron chi connectivity index (χ3n) is 3.35. The van der Waals surface area contributed by atoms with E-state index in [9.17, 15) is 9.36 Å². The summed E-state index contributed by atoms with van der Waals surface area (Å²) >= 11 is 0. The van der Waals surface area contributed by atoms with Gasteiger partial charge < -0.3 is 10.3 Å². The first-order valence-corrected chi connectivity index (χ1v) is 7.96. The van der Waals surface area contributed by atoms with Crippen LogP contribution in [-0.4, -0.2) is 12.0 Å². The number of hydrogen-bond donors (Lipinski definition) is 1. The fourth-order valence-electron chi connectivity index (χ4n) is 2.25. The van der Waals surface area contributed by atoms with Crippen molar-refractivity contribution in [1.29, 1.82) is 0 Å². The van der Waals surface area contributed by atoms with E-state index < -0.39 is 19.4 Å². The molecule has 4 nitrogen and oxygen atoms in total. The van der Waals surface area contributed by atoms with Crippen molar-refractivity contribution in [3.8, 4) is 0 Å². The Kier molecular flexibility index (Phi) is 3.20. The SMILES string of the molecule is NC(Cc1ccccc1)C(=O)OP1(=O)C2=CC=C1C=C2. The van der Waals surface area contributed by atoms with E-state index >= 15 is 0 Å². The minimum Gasteiger partial charge on any atom is -0.404 e. The van der Waals surface area contributed by atoms with Gasteiger partial charge in [0.25, 0.3) is 0 Å². The van der Waals surface area contributed by atoms with Gasteiger partial charge in [-0.3, -0.25) is 9.36 Å². The monoisotopic (exact) mass is 287 g/mol. The van der Waals surface area contributed by atoms with Crippen LogP contribution in [0.3, 0.4) is 0 Å².